The van der Waals surface area contributed by atoms with Gasteiger partial charge in [-0.1, -0.05) is 12.1 Å². The van der Waals surface area contributed by atoms with Gasteiger partial charge in [0.25, 0.3) is 0 Å². The molecule has 0 spiro atoms. The number of methoxy groups -OCH3 is 1. The van der Waals surface area contributed by atoms with E-state index in [4.69, 9.17) is 19.9 Å². The Morgan fingerprint density at radius 3 is 2.90 bits per heavy atom. The number of nitrogens with two attached hydrogens (primary N) is 1. The quantitative estimate of drug-likeness (QED) is 0.905. The van der Waals surface area contributed by atoms with Crippen LogP contribution in [-0.4, -0.2) is 56.5 Å². The fourth-order valence-electron chi connectivity index (χ4n) is 3.18. The molecule has 1 aromatic carbocycles. The lowest BCUT2D eigenvalue weighted by Crippen LogP contribution is -2.52. The van der Waals surface area contributed by atoms with Gasteiger partial charge >= 0.3 is 0 Å². The van der Waals surface area contributed by atoms with E-state index < -0.39 is 0 Å². The number of nitrogens with zero attached hydrogens (tertiary/aromatic N) is 1. The maximum atomic E-state index is 6.04. The number of para-hydroxylation sites is 2. The zero-order chi connectivity index (χ0) is 14.7. The highest BCUT2D eigenvalue weighted by Gasteiger charge is 2.31. The highest BCUT2D eigenvalue weighted by Crippen LogP contribution is 2.31. The van der Waals surface area contributed by atoms with E-state index in [0.717, 1.165) is 37.4 Å². The molecule has 2 aliphatic heterocycles. The Hall–Kier alpha value is -1.30. The predicted octanol–water partition coefficient (Wildman–Crippen LogP) is 1.26. The first-order valence-corrected chi connectivity index (χ1v) is 7.65. The molecule has 116 valence electrons. The van der Waals surface area contributed by atoms with Crippen molar-refractivity contribution in [2.45, 2.75) is 31.1 Å². The lowest BCUT2D eigenvalue weighted by Gasteiger charge is -2.40. The van der Waals surface area contributed by atoms with Crippen LogP contribution >= 0.6 is 0 Å². The van der Waals surface area contributed by atoms with Gasteiger partial charge < -0.3 is 19.9 Å². The van der Waals surface area contributed by atoms with Gasteiger partial charge in [-0.3, -0.25) is 4.90 Å². The minimum absolute atomic E-state index is 0.0630. The lowest BCUT2D eigenvalue weighted by atomic mass is 9.99. The minimum Gasteiger partial charge on any atom is -0.486 e. The van der Waals surface area contributed by atoms with Gasteiger partial charge in [0.1, 0.15) is 12.7 Å². The number of hydrogen-bond donors (Lipinski definition) is 1. The fraction of sp³-hybridized carbons (Fsp3) is 0.625. The van der Waals surface area contributed by atoms with Gasteiger partial charge in [-0.25, -0.2) is 0 Å². The van der Waals surface area contributed by atoms with Crippen molar-refractivity contribution in [2.24, 2.45) is 5.73 Å². The first-order chi connectivity index (χ1) is 10.3. The summed E-state index contributed by atoms with van der Waals surface area (Å²) in [5, 5.41) is 0. The third-order valence-electron chi connectivity index (χ3n) is 4.40. The zero-order valence-corrected chi connectivity index (χ0v) is 12.5. The number of benzene rings is 1. The first-order valence-electron chi connectivity index (χ1n) is 7.65. The Morgan fingerprint density at radius 1 is 1.33 bits per heavy atom. The summed E-state index contributed by atoms with van der Waals surface area (Å²) in [6.07, 6.45) is 2.45. The Balaban J connectivity index is 1.59. The van der Waals surface area contributed by atoms with E-state index in [1.54, 1.807) is 7.11 Å². The van der Waals surface area contributed by atoms with Crippen LogP contribution in [0.25, 0.3) is 0 Å². The summed E-state index contributed by atoms with van der Waals surface area (Å²) in [6.45, 7) is 3.11. The highest BCUT2D eigenvalue weighted by molar-refractivity contribution is 5.40. The molecule has 1 fully saturated rings. The molecule has 2 heterocycles. The normalized spacial score (nSPS) is 29.3. The number of piperidine rings is 1. The first kappa shape index (κ1) is 14.6. The van der Waals surface area contributed by atoms with Crippen LogP contribution in [0.15, 0.2) is 24.3 Å². The summed E-state index contributed by atoms with van der Waals surface area (Å²) in [6, 6.07) is 8.20. The summed E-state index contributed by atoms with van der Waals surface area (Å²) >= 11 is 0. The molecule has 21 heavy (non-hydrogen) atoms. The van der Waals surface area contributed by atoms with Crippen molar-refractivity contribution in [3.05, 3.63) is 24.3 Å². The van der Waals surface area contributed by atoms with E-state index in [1.165, 1.54) is 0 Å². The van der Waals surface area contributed by atoms with Crippen molar-refractivity contribution < 1.29 is 14.2 Å². The maximum absolute atomic E-state index is 6.04. The standard InChI is InChI=1S/C16H24N2O3/c1-19-13-6-7-18(12(8-13)9-17)10-14-11-20-15-4-2-3-5-16(15)21-14/h2-5,12-14H,6-11,17H2,1H3. The van der Waals surface area contributed by atoms with Crippen LogP contribution in [0.2, 0.25) is 0 Å². The Labute approximate surface area is 126 Å². The molecule has 3 unspecified atom stereocenters. The zero-order valence-electron chi connectivity index (χ0n) is 12.5. The van der Waals surface area contributed by atoms with Gasteiger partial charge in [0.15, 0.2) is 11.5 Å². The molecule has 1 aromatic rings. The molecule has 2 N–H and O–H groups in total. The maximum Gasteiger partial charge on any atom is 0.161 e. The van der Waals surface area contributed by atoms with E-state index in [1.807, 2.05) is 24.3 Å². The van der Waals surface area contributed by atoms with Crippen LogP contribution in [0.1, 0.15) is 12.8 Å². The SMILES string of the molecule is COC1CCN(CC2COc3ccccc3O2)C(CN)C1. The van der Waals surface area contributed by atoms with Gasteiger partial charge in [-0.2, -0.15) is 0 Å². The Kier molecular flexibility index (Phi) is 4.63. The van der Waals surface area contributed by atoms with Crippen molar-refractivity contribution in [1.82, 2.24) is 4.90 Å². The molecule has 0 aliphatic carbocycles. The van der Waals surface area contributed by atoms with Crippen molar-refractivity contribution in [3.63, 3.8) is 0 Å². The topological polar surface area (TPSA) is 57.0 Å². The van der Waals surface area contributed by atoms with Crippen LogP contribution in [0, 0.1) is 0 Å². The van der Waals surface area contributed by atoms with Gasteiger partial charge in [0.05, 0.1) is 6.10 Å². The predicted molar refractivity (Wildman–Crippen MR) is 80.8 cm³/mol. The van der Waals surface area contributed by atoms with E-state index in [9.17, 15) is 0 Å². The van der Waals surface area contributed by atoms with Gasteiger partial charge in [-0.15, -0.1) is 0 Å². The number of ether oxygens (including phenoxy) is 3. The van der Waals surface area contributed by atoms with Crippen molar-refractivity contribution in [2.75, 3.05) is 33.4 Å². The molecule has 3 atom stereocenters. The molecule has 3 rings (SSSR count). The summed E-state index contributed by atoms with van der Waals surface area (Å²) in [5.74, 6) is 1.67. The van der Waals surface area contributed by atoms with Gasteiger partial charge in [0.2, 0.25) is 0 Å². The Morgan fingerprint density at radius 2 is 2.14 bits per heavy atom. The minimum atomic E-state index is 0.0630. The van der Waals surface area contributed by atoms with Crippen LogP contribution in [0.4, 0.5) is 0 Å². The summed E-state index contributed by atoms with van der Waals surface area (Å²) in [7, 11) is 1.78. The fourth-order valence-corrected chi connectivity index (χ4v) is 3.18. The molecule has 0 amide bonds. The molecule has 5 heteroatoms. The summed E-state index contributed by atoms with van der Waals surface area (Å²) in [5.41, 5.74) is 5.92. The van der Waals surface area contributed by atoms with E-state index >= 15 is 0 Å². The second-order valence-electron chi connectivity index (χ2n) is 5.76. The van der Waals surface area contributed by atoms with Gasteiger partial charge in [0, 0.05) is 32.8 Å². The molecule has 0 bridgehead atoms. The van der Waals surface area contributed by atoms with E-state index in [0.29, 0.717) is 25.3 Å². The number of rotatable bonds is 4. The third-order valence-corrected chi connectivity index (χ3v) is 4.40. The molecule has 1 saturated heterocycles. The molecular formula is C16H24N2O3. The number of fused-ring (bicyclic) bond motifs is 1. The lowest BCUT2D eigenvalue weighted by molar-refractivity contribution is -0.0119. The summed E-state index contributed by atoms with van der Waals surface area (Å²) < 4.78 is 17.3. The van der Waals surface area contributed by atoms with E-state index in [-0.39, 0.29) is 6.10 Å². The average Bonchev–Trinajstić information content (AvgIpc) is 2.55. The van der Waals surface area contributed by atoms with Crippen molar-refractivity contribution in [3.8, 4) is 11.5 Å². The van der Waals surface area contributed by atoms with E-state index in [2.05, 4.69) is 4.90 Å². The third kappa shape index (κ3) is 3.31. The molecule has 0 aromatic heterocycles. The van der Waals surface area contributed by atoms with Crippen molar-refractivity contribution >= 4 is 0 Å². The molecule has 0 saturated carbocycles. The second kappa shape index (κ2) is 6.64. The largest absolute Gasteiger partial charge is 0.486 e. The van der Waals surface area contributed by atoms with Crippen LogP contribution < -0.4 is 15.2 Å². The number of hydrogen-bond acceptors (Lipinski definition) is 5. The van der Waals surface area contributed by atoms with Crippen LogP contribution in [0.5, 0.6) is 11.5 Å². The van der Waals surface area contributed by atoms with Crippen LogP contribution in [-0.2, 0) is 4.74 Å². The average molecular weight is 292 g/mol. The monoisotopic (exact) mass is 292 g/mol. The highest BCUT2D eigenvalue weighted by atomic mass is 16.6. The smallest absolute Gasteiger partial charge is 0.161 e. The molecular weight excluding hydrogens is 268 g/mol. The second-order valence-corrected chi connectivity index (χ2v) is 5.76. The number of likely N-dealkylation sites (tertiary alicyclic amines) is 1. The molecule has 2 aliphatic rings. The van der Waals surface area contributed by atoms with Crippen molar-refractivity contribution in [1.29, 1.82) is 0 Å². The van der Waals surface area contributed by atoms with Gasteiger partial charge in [-0.05, 0) is 25.0 Å². The summed E-state index contributed by atoms with van der Waals surface area (Å²) in [4.78, 5) is 2.41. The molecule has 5 nitrogen and oxygen atoms in total. The molecule has 0 radical (unpaired) electrons. The van der Waals surface area contributed by atoms with Crippen LogP contribution in [0.3, 0.4) is 0 Å². The Bertz CT molecular complexity index is 469.